The highest BCUT2D eigenvalue weighted by molar-refractivity contribution is 6.40. The van der Waals surface area contributed by atoms with Crippen molar-refractivity contribution < 1.29 is 22.4 Å². The van der Waals surface area contributed by atoms with E-state index in [1.807, 2.05) is 0 Å². The number of unbranched alkanes of at least 4 members (excludes halogenated alkanes) is 2. The first-order chi connectivity index (χ1) is 14.8. The Morgan fingerprint density at radius 3 is 2.45 bits per heavy atom. The van der Waals surface area contributed by atoms with Gasteiger partial charge in [-0.1, -0.05) is 50.1 Å². The smallest absolute Gasteiger partial charge is 0.293 e. The number of alkyl halides is 3. The van der Waals surface area contributed by atoms with E-state index >= 15 is 0 Å². The number of carbonyl (C=O) groups excluding carboxylic acids is 1. The highest BCUT2D eigenvalue weighted by Crippen LogP contribution is 2.33. The number of Topliss-reactive ketones (excluding diaryl/α,β-unsaturated/α-hetero) is 1. The van der Waals surface area contributed by atoms with Gasteiger partial charge in [-0.3, -0.25) is 9.80 Å². The summed E-state index contributed by atoms with van der Waals surface area (Å²) in [6.07, 6.45) is -0.603. The number of hydrazone groups is 1. The van der Waals surface area contributed by atoms with Crippen molar-refractivity contribution in [3.63, 3.8) is 0 Å². The maximum Gasteiger partial charge on any atom is 0.416 e. The van der Waals surface area contributed by atoms with Gasteiger partial charge in [-0.05, 0) is 36.6 Å². The molecular formula is C24H26F4N2O. The highest BCUT2D eigenvalue weighted by Gasteiger charge is 2.32. The SMILES string of the molecule is CCCCCN1N=C(C(=O)CCc2ccc(C(F)(F)F)cc2)CC1c1ccccc1F. The van der Waals surface area contributed by atoms with Gasteiger partial charge in [0.2, 0.25) is 0 Å². The Balaban J connectivity index is 1.66. The molecule has 1 atom stereocenters. The molecule has 166 valence electrons. The first-order valence-electron chi connectivity index (χ1n) is 10.6. The minimum absolute atomic E-state index is 0.150. The summed E-state index contributed by atoms with van der Waals surface area (Å²) in [5.74, 6) is -0.471. The number of halogens is 4. The summed E-state index contributed by atoms with van der Waals surface area (Å²) < 4.78 is 52.4. The van der Waals surface area contributed by atoms with E-state index in [1.165, 1.54) is 18.2 Å². The minimum atomic E-state index is -4.38. The zero-order chi connectivity index (χ0) is 22.4. The van der Waals surface area contributed by atoms with Crippen molar-refractivity contribution in [2.45, 2.75) is 57.7 Å². The summed E-state index contributed by atoms with van der Waals surface area (Å²) in [6.45, 7) is 2.74. The van der Waals surface area contributed by atoms with Gasteiger partial charge >= 0.3 is 6.18 Å². The average molecular weight is 434 g/mol. The Labute approximate surface area is 179 Å². The third-order valence-corrected chi connectivity index (χ3v) is 5.49. The molecule has 0 spiro atoms. The normalized spacial score (nSPS) is 16.5. The molecule has 1 aliphatic rings. The van der Waals surface area contributed by atoms with Gasteiger partial charge in [-0.2, -0.15) is 18.3 Å². The maximum absolute atomic E-state index is 14.4. The molecule has 7 heteroatoms. The number of carbonyl (C=O) groups is 1. The van der Waals surface area contributed by atoms with Gasteiger partial charge in [-0.15, -0.1) is 0 Å². The topological polar surface area (TPSA) is 32.7 Å². The predicted octanol–water partition coefficient (Wildman–Crippen LogP) is 6.34. The van der Waals surface area contributed by atoms with Crippen LogP contribution >= 0.6 is 0 Å². The zero-order valence-corrected chi connectivity index (χ0v) is 17.5. The predicted molar refractivity (Wildman–Crippen MR) is 112 cm³/mol. The Morgan fingerprint density at radius 1 is 1.10 bits per heavy atom. The van der Waals surface area contributed by atoms with Gasteiger partial charge in [0, 0.05) is 24.9 Å². The van der Waals surface area contributed by atoms with E-state index in [-0.39, 0.29) is 24.1 Å². The monoisotopic (exact) mass is 434 g/mol. The third-order valence-electron chi connectivity index (χ3n) is 5.49. The highest BCUT2D eigenvalue weighted by atomic mass is 19.4. The second-order valence-electron chi connectivity index (χ2n) is 7.78. The quantitative estimate of drug-likeness (QED) is 0.341. The lowest BCUT2D eigenvalue weighted by molar-refractivity contribution is -0.137. The van der Waals surface area contributed by atoms with E-state index in [0.717, 1.165) is 31.4 Å². The second-order valence-corrected chi connectivity index (χ2v) is 7.78. The standard InChI is InChI=1S/C24H26F4N2O/c1-2-3-6-15-30-22(19-7-4-5-8-20(19)25)16-21(29-30)23(31)14-11-17-9-12-18(13-10-17)24(26,27)28/h4-5,7-10,12-13,22H,2-3,6,11,14-16H2,1H3. The summed E-state index contributed by atoms with van der Waals surface area (Å²) >= 11 is 0. The first kappa shape index (κ1) is 23.0. The molecule has 0 N–H and O–H groups in total. The van der Waals surface area contributed by atoms with Gasteiger partial charge in [0.05, 0.1) is 11.6 Å². The molecule has 1 unspecified atom stereocenters. The van der Waals surface area contributed by atoms with E-state index in [2.05, 4.69) is 12.0 Å². The summed E-state index contributed by atoms with van der Waals surface area (Å²) in [4.78, 5) is 12.8. The lowest BCUT2D eigenvalue weighted by Gasteiger charge is -2.24. The average Bonchev–Trinajstić information content (AvgIpc) is 3.16. The number of ketones is 1. The van der Waals surface area contributed by atoms with E-state index in [9.17, 15) is 22.4 Å². The van der Waals surface area contributed by atoms with Crippen molar-refractivity contribution in [2.24, 2.45) is 5.10 Å². The molecule has 0 radical (unpaired) electrons. The molecule has 0 aliphatic carbocycles. The van der Waals surface area contributed by atoms with Gasteiger partial charge in [-0.25, -0.2) is 4.39 Å². The van der Waals surface area contributed by atoms with Crippen LogP contribution < -0.4 is 0 Å². The largest absolute Gasteiger partial charge is 0.416 e. The van der Waals surface area contributed by atoms with Gasteiger partial charge in [0.25, 0.3) is 0 Å². The van der Waals surface area contributed by atoms with Crippen LogP contribution in [0, 0.1) is 5.82 Å². The fourth-order valence-electron chi connectivity index (χ4n) is 3.73. The van der Waals surface area contributed by atoms with Crippen LogP contribution in [0.5, 0.6) is 0 Å². The van der Waals surface area contributed by atoms with Gasteiger partial charge in [0.15, 0.2) is 5.78 Å². The maximum atomic E-state index is 14.4. The van der Waals surface area contributed by atoms with Crippen LogP contribution in [-0.2, 0) is 17.4 Å². The lowest BCUT2D eigenvalue weighted by atomic mass is 9.97. The number of benzene rings is 2. The Morgan fingerprint density at radius 2 is 1.81 bits per heavy atom. The number of hydrogen-bond donors (Lipinski definition) is 0. The summed E-state index contributed by atoms with van der Waals surface area (Å²) in [7, 11) is 0. The van der Waals surface area contributed by atoms with Crippen LogP contribution in [0.1, 0.15) is 61.8 Å². The Hall–Kier alpha value is -2.70. The van der Waals surface area contributed by atoms with Gasteiger partial charge in [0.1, 0.15) is 11.5 Å². The van der Waals surface area contributed by atoms with Crippen LogP contribution in [0.2, 0.25) is 0 Å². The molecule has 0 aromatic heterocycles. The summed E-state index contributed by atoms with van der Waals surface area (Å²) in [5.41, 5.74) is 0.869. The number of rotatable bonds is 9. The fraction of sp³-hybridized carbons (Fsp3) is 0.417. The van der Waals surface area contributed by atoms with Crippen molar-refractivity contribution in [1.82, 2.24) is 5.01 Å². The molecule has 1 aliphatic heterocycles. The molecule has 0 amide bonds. The van der Waals surface area contributed by atoms with Crippen molar-refractivity contribution in [3.05, 3.63) is 71.0 Å². The van der Waals surface area contributed by atoms with Crippen molar-refractivity contribution in [1.29, 1.82) is 0 Å². The Kier molecular flexibility index (Phi) is 7.46. The molecule has 0 saturated carbocycles. The molecular weight excluding hydrogens is 408 g/mol. The molecule has 2 aromatic rings. The Bertz CT molecular complexity index is 922. The van der Waals surface area contributed by atoms with Crippen LogP contribution in [-0.4, -0.2) is 23.0 Å². The molecule has 3 nitrogen and oxygen atoms in total. The van der Waals surface area contributed by atoms with Crippen LogP contribution in [0.3, 0.4) is 0 Å². The molecule has 1 heterocycles. The molecule has 3 rings (SSSR count). The first-order valence-corrected chi connectivity index (χ1v) is 10.6. The zero-order valence-electron chi connectivity index (χ0n) is 17.5. The third kappa shape index (κ3) is 5.93. The molecule has 31 heavy (non-hydrogen) atoms. The van der Waals surface area contributed by atoms with E-state index < -0.39 is 11.7 Å². The van der Waals surface area contributed by atoms with Gasteiger partial charge < -0.3 is 0 Å². The second kappa shape index (κ2) is 10.1. The van der Waals surface area contributed by atoms with Crippen LogP contribution in [0.4, 0.5) is 17.6 Å². The lowest BCUT2D eigenvalue weighted by Crippen LogP contribution is -2.21. The minimum Gasteiger partial charge on any atom is -0.293 e. The number of aryl methyl sites for hydroxylation is 1. The van der Waals surface area contributed by atoms with Crippen molar-refractivity contribution in [2.75, 3.05) is 6.54 Å². The van der Waals surface area contributed by atoms with Crippen LogP contribution in [0.25, 0.3) is 0 Å². The molecule has 0 bridgehead atoms. The molecule has 2 aromatic carbocycles. The number of nitrogens with zero attached hydrogens (tertiary/aromatic N) is 2. The summed E-state index contributed by atoms with van der Waals surface area (Å²) in [5, 5.41) is 6.31. The molecule has 0 fully saturated rings. The van der Waals surface area contributed by atoms with E-state index in [1.54, 1.807) is 23.2 Å². The van der Waals surface area contributed by atoms with Crippen molar-refractivity contribution >= 4 is 11.5 Å². The fourth-order valence-corrected chi connectivity index (χ4v) is 3.73. The summed E-state index contributed by atoms with van der Waals surface area (Å²) in [6, 6.07) is 11.1. The van der Waals surface area contributed by atoms with E-state index in [4.69, 9.17) is 0 Å². The van der Waals surface area contributed by atoms with E-state index in [0.29, 0.717) is 36.2 Å². The van der Waals surface area contributed by atoms with Crippen molar-refractivity contribution in [3.8, 4) is 0 Å². The van der Waals surface area contributed by atoms with Crippen LogP contribution in [0.15, 0.2) is 53.6 Å². The molecule has 0 saturated heterocycles. The number of hydrogen-bond acceptors (Lipinski definition) is 3.